The second-order valence-electron chi connectivity index (χ2n) is 14.5. The van der Waals surface area contributed by atoms with Crippen molar-refractivity contribution in [1.82, 2.24) is 0 Å². The third-order valence-corrected chi connectivity index (χ3v) is 9.98. The van der Waals surface area contributed by atoms with Crippen molar-refractivity contribution in [3.63, 3.8) is 0 Å². The molecule has 2 heterocycles. The number of aryl methyl sites for hydroxylation is 2. The van der Waals surface area contributed by atoms with Gasteiger partial charge in [0, 0.05) is 21.2 Å². The van der Waals surface area contributed by atoms with Gasteiger partial charge in [-0.3, -0.25) is 0 Å². The SMILES string of the molecule is C#Cc1ccc(C)cc1.CC1(C)OB(c2ccc(Br)cc2)OC1(C)C.Cc1ccc(C#Cc2ccc(B3OC(C)(C)C(C)(C)O3)cc2)cc1. The Kier molecular flexibility index (Phi) is 12.1. The summed E-state index contributed by atoms with van der Waals surface area (Å²) in [6, 6.07) is 32.3. The highest BCUT2D eigenvalue weighted by atomic mass is 79.9. The minimum atomic E-state index is -0.325. The molecule has 0 aliphatic carbocycles. The molecule has 4 nitrogen and oxygen atoms in total. The van der Waals surface area contributed by atoms with Gasteiger partial charge in [0.05, 0.1) is 22.4 Å². The van der Waals surface area contributed by atoms with E-state index in [1.54, 1.807) is 0 Å². The Morgan fingerprint density at radius 3 is 1.08 bits per heavy atom. The lowest BCUT2D eigenvalue weighted by Gasteiger charge is -2.32. The van der Waals surface area contributed by atoms with Gasteiger partial charge in [-0.25, -0.2) is 0 Å². The standard InChI is InChI=1S/C21H23BO2.C12H16BBrO2.C9H8/c1-16-6-8-17(9-7-16)10-11-18-12-14-19(15-13-18)22-23-20(2,3)21(4,5)24-22;1-11(2)12(3,4)16-13(15-11)9-5-7-10(14)8-6-9;1-3-9-6-4-8(2)5-7-9/h6-9,12-15H,1-5H3;5-8H,1-4H3;1,4-7H,2H3. The Morgan fingerprint density at radius 1 is 0.469 bits per heavy atom. The fraction of sp³-hybridized carbons (Fsp3) is 0.333. The lowest BCUT2D eigenvalue weighted by atomic mass is 9.79. The summed E-state index contributed by atoms with van der Waals surface area (Å²) in [5, 5.41) is 0. The van der Waals surface area contributed by atoms with Gasteiger partial charge in [-0.1, -0.05) is 93.3 Å². The van der Waals surface area contributed by atoms with Gasteiger partial charge in [-0.2, -0.15) is 0 Å². The van der Waals surface area contributed by atoms with E-state index in [2.05, 4.69) is 108 Å². The fourth-order valence-corrected chi connectivity index (χ4v) is 5.00. The van der Waals surface area contributed by atoms with Crippen molar-refractivity contribution >= 4 is 41.1 Å². The van der Waals surface area contributed by atoms with Gasteiger partial charge >= 0.3 is 14.2 Å². The van der Waals surface area contributed by atoms with Crippen LogP contribution in [0.3, 0.4) is 0 Å². The molecule has 0 N–H and O–H groups in total. The molecule has 0 amide bonds. The van der Waals surface area contributed by atoms with E-state index in [1.807, 2.05) is 91.9 Å². The molecular weight excluding hydrogens is 670 g/mol. The molecule has 7 heteroatoms. The van der Waals surface area contributed by atoms with Crippen LogP contribution < -0.4 is 10.9 Å². The van der Waals surface area contributed by atoms with Gasteiger partial charge in [0.1, 0.15) is 0 Å². The summed E-state index contributed by atoms with van der Waals surface area (Å²) in [7, 11) is -0.591. The molecule has 0 unspecified atom stereocenters. The Morgan fingerprint density at radius 2 is 0.755 bits per heavy atom. The van der Waals surface area contributed by atoms with Crippen molar-refractivity contribution in [3.8, 4) is 24.2 Å². The molecule has 2 aliphatic heterocycles. The first-order valence-electron chi connectivity index (χ1n) is 16.6. The van der Waals surface area contributed by atoms with Gasteiger partial charge < -0.3 is 18.6 Å². The zero-order valence-electron chi connectivity index (χ0n) is 30.5. The number of hydrogen-bond acceptors (Lipinski definition) is 4. The smallest absolute Gasteiger partial charge is 0.399 e. The second kappa shape index (κ2) is 15.6. The molecule has 0 aromatic heterocycles. The van der Waals surface area contributed by atoms with Crippen molar-refractivity contribution < 1.29 is 18.6 Å². The molecule has 0 bridgehead atoms. The van der Waals surface area contributed by atoms with Gasteiger partial charge in [-0.15, -0.1) is 6.42 Å². The zero-order valence-corrected chi connectivity index (χ0v) is 32.1. The van der Waals surface area contributed by atoms with E-state index in [0.29, 0.717) is 0 Å². The fourth-order valence-electron chi connectivity index (χ4n) is 4.73. The minimum absolute atomic E-state index is 0.266. The highest BCUT2D eigenvalue weighted by molar-refractivity contribution is 9.10. The molecule has 49 heavy (non-hydrogen) atoms. The van der Waals surface area contributed by atoms with Crippen LogP contribution in [0, 0.1) is 38.0 Å². The largest absolute Gasteiger partial charge is 0.494 e. The predicted molar refractivity (Wildman–Crippen MR) is 208 cm³/mol. The normalized spacial score (nSPS) is 17.8. The van der Waals surface area contributed by atoms with Gasteiger partial charge in [-0.05, 0) is 129 Å². The molecule has 2 aliphatic rings. The van der Waals surface area contributed by atoms with Crippen LogP contribution in [0.4, 0.5) is 0 Å². The van der Waals surface area contributed by atoms with E-state index in [0.717, 1.165) is 32.1 Å². The zero-order chi connectivity index (χ0) is 36.0. The highest BCUT2D eigenvalue weighted by Crippen LogP contribution is 2.37. The topological polar surface area (TPSA) is 36.9 Å². The van der Waals surface area contributed by atoms with E-state index in [-0.39, 0.29) is 36.6 Å². The lowest BCUT2D eigenvalue weighted by molar-refractivity contribution is 0.00578. The van der Waals surface area contributed by atoms with Crippen LogP contribution in [0.25, 0.3) is 0 Å². The van der Waals surface area contributed by atoms with E-state index in [1.165, 1.54) is 11.1 Å². The Labute approximate surface area is 303 Å². The maximum absolute atomic E-state index is 6.07. The van der Waals surface area contributed by atoms with Crippen molar-refractivity contribution in [2.45, 2.75) is 91.6 Å². The summed E-state index contributed by atoms with van der Waals surface area (Å²) in [5.74, 6) is 8.94. The average molecular weight is 717 g/mol. The molecule has 0 spiro atoms. The van der Waals surface area contributed by atoms with E-state index in [4.69, 9.17) is 25.0 Å². The molecule has 0 saturated carbocycles. The van der Waals surface area contributed by atoms with E-state index < -0.39 is 0 Å². The first-order valence-corrected chi connectivity index (χ1v) is 17.4. The number of terminal acetylenes is 1. The maximum Gasteiger partial charge on any atom is 0.494 e. The molecular formula is C42H47B2BrO4. The first-order chi connectivity index (χ1) is 22.9. The highest BCUT2D eigenvalue weighted by Gasteiger charge is 2.52. The quantitative estimate of drug-likeness (QED) is 0.154. The van der Waals surface area contributed by atoms with Crippen LogP contribution in [0.5, 0.6) is 0 Å². The van der Waals surface area contributed by atoms with Crippen LogP contribution in [0.15, 0.2) is 102 Å². The number of benzene rings is 4. The molecule has 2 saturated heterocycles. The Balaban J connectivity index is 0.000000185. The summed E-state index contributed by atoms with van der Waals surface area (Å²) >= 11 is 3.42. The number of rotatable bonds is 2. The van der Waals surface area contributed by atoms with Gasteiger partial charge in [0.15, 0.2) is 0 Å². The van der Waals surface area contributed by atoms with Crippen molar-refractivity contribution in [2.75, 3.05) is 0 Å². The van der Waals surface area contributed by atoms with Crippen LogP contribution in [-0.2, 0) is 18.6 Å². The molecule has 0 atom stereocenters. The summed E-state index contributed by atoms with van der Waals surface area (Å²) in [4.78, 5) is 0. The predicted octanol–water partition coefficient (Wildman–Crippen LogP) is 8.42. The third-order valence-electron chi connectivity index (χ3n) is 9.45. The lowest BCUT2D eigenvalue weighted by Crippen LogP contribution is -2.41. The summed E-state index contributed by atoms with van der Waals surface area (Å²) < 4.78 is 25.1. The Bertz CT molecular complexity index is 1760. The summed E-state index contributed by atoms with van der Waals surface area (Å²) in [6.07, 6.45) is 5.15. The average Bonchev–Trinajstić information content (AvgIpc) is 3.41. The van der Waals surface area contributed by atoms with Crippen molar-refractivity contribution in [1.29, 1.82) is 0 Å². The molecule has 4 aromatic carbocycles. The molecule has 2 fully saturated rings. The van der Waals surface area contributed by atoms with Crippen LogP contribution in [0.1, 0.15) is 83.2 Å². The van der Waals surface area contributed by atoms with E-state index >= 15 is 0 Å². The van der Waals surface area contributed by atoms with Crippen LogP contribution >= 0.6 is 15.9 Å². The van der Waals surface area contributed by atoms with Crippen LogP contribution in [0.2, 0.25) is 0 Å². The number of halogens is 1. The molecule has 6 rings (SSSR count). The van der Waals surface area contributed by atoms with Crippen molar-refractivity contribution in [2.24, 2.45) is 0 Å². The first kappa shape index (κ1) is 38.3. The third kappa shape index (κ3) is 10.0. The van der Waals surface area contributed by atoms with Crippen molar-refractivity contribution in [3.05, 3.63) is 129 Å². The second-order valence-corrected chi connectivity index (χ2v) is 15.4. The number of hydrogen-bond donors (Lipinski definition) is 0. The molecule has 0 radical (unpaired) electrons. The van der Waals surface area contributed by atoms with E-state index in [9.17, 15) is 0 Å². The van der Waals surface area contributed by atoms with Crippen LogP contribution in [-0.4, -0.2) is 36.6 Å². The summed E-state index contributed by atoms with van der Waals surface area (Å²) in [6.45, 7) is 20.6. The summed E-state index contributed by atoms with van der Waals surface area (Å²) in [5.41, 5.74) is 6.34. The van der Waals surface area contributed by atoms with Gasteiger partial charge in [0.25, 0.3) is 0 Å². The minimum Gasteiger partial charge on any atom is -0.399 e. The molecule has 252 valence electrons. The van der Waals surface area contributed by atoms with Gasteiger partial charge in [0.2, 0.25) is 0 Å². The molecule has 4 aromatic rings. The maximum atomic E-state index is 6.07. The monoisotopic (exact) mass is 716 g/mol. The Hall–Kier alpha value is -3.55.